The first-order valence-electron chi connectivity index (χ1n) is 24.0. The van der Waals surface area contributed by atoms with Crippen molar-refractivity contribution < 1.29 is 42.5 Å². The summed E-state index contributed by atoms with van der Waals surface area (Å²) in [6.07, 6.45) is 2.86. The van der Waals surface area contributed by atoms with Crippen LogP contribution in [0.25, 0.3) is 22.8 Å². The largest absolute Gasteiger partial charge is 0.489 e. The highest BCUT2D eigenvalue weighted by atomic mass is 32.2. The molecule has 0 aliphatic heterocycles. The number of urea groups is 1. The summed E-state index contributed by atoms with van der Waals surface area (Å²) in [4.78, 5) is 47.1. The number of carbonyl (C=O) groups excluding carboxylic acids is 1. The van der Waals surface area contributed by atoms with Crippen LogP contribution < -0.4 is 24.8 Å². The van der Waals surface area contributed by atoms with E-state index in [-0.39, 0.29) is 44.6 Å². The van der Waals surface area contributed by atoms with Crippen molar-refractivity contribution >= 4 is 28.2 Å². The van der Waals surface area contributed by atoms with Gasteiger partial charge in [0.05, 0.1) is 71.3 Å². The van der Waals surface area contributed by atoms with Gasteiger partial charge in [-0.15, -0.1) is 10.2 Å². The van der Waals surface area contributed by atoms with Gasteiger partial charge >= 0.3 is 18.0 Å². The van der Waals surface area contributed by atoms with E-state index in [1.165, 1.54) is 16.0 Å². The van der Waals surface area contributed by atoms with E-state index in [1.807, 2.05) is 67.6 Å². The number of hydrogen-bond acceptors (Lipinski definition) is 13. The number of ether oxygens (including phenoxy) is 2. The molecule has 5 N–H and O–H groups in total. The van der Waals surface area contributed by atoms with Crippen molar-refractivity contribution in [3.8, 4) is 34.3 Å². The second-order valence-electron chi connectivity index (χ2n) is 18.5. The van der Waals surface area contributed by atoms with E-state index in [2.05, 4.69) is 36.0 Å². The zero-order valence-corrected chi connectivity index (χ0v) is 41.5. The zero-order valence-electron chi connectivity index (χ0n) is 40.6. The van der Waals surface area contributed by atoms with Crippen LogP contribution in [0.3, 0.4) is 0 Å². The number of amides is 2. The van der Waals surface area contributed by atoms with Gasteiger partial charge in [-0.25, -0.2) is 19.4 Å². The van der Waals surface area contributed by atoms with E-state index in [0.29, 0.717) is 89.3 Å². The Bertz CT molecular complexity index is 2970. The summed E-state index contributed by atoms with van der Waals surface area (Å²) < 4.78 is 46.3. The van der Waals surface area contributed by atoms with E-state index in [1.54, 1.807) is 42.9 Å². The Kier molecular flexibility index (Phi) is 16.2. The molecule has 2 saturated carbocycles. The van der Waals surface area contributed by atoms with E-state index in [4.69, 9.17) is 19.4 Å². The maximum atomic E-state index is 13.2. The van der Waals surface area contributed by atoms with Crippen LogP contribution >= 0.6 is 0 Å². The molecule has 4 heterocycles. The van der Waals surface area contributed by atoms with Crippen LogP contribution in [0, 0.1) is 31.6 Å². The third-order valence-corrected chi connectivity index (χ3v) is 14.7. The van der Waals surface area contributed by atoms with E-state index in [9.17, 15) is 33.0 Å². The van der Waals surface area contributed by atoms with Crippen LogP contribution in [0.1, 0.15) is 78.8 Å². The molecule has 6 aromatic rings. The molecule has 4 aromatic heterocycles. The predicted molar refractivity (Wildman–Crippen MR) is 263 cm³/mol. The minimum absolute atomic E-state index is 0.0253. The molecule has 2 aliphatic carbocycles. The topological polar surface area (TPSA) is 271 Å². The van der Waals surface area contributed by atoms with Crippen LogP contribution in [0.15, 0.2) is 84.9 Å². The Morgan fingerprint density at radius 2 is 1.28 bits per heavy atom. The lowest BCUT2D eigenvalue weighted by atomic mass is 9.79. The third-order valence-electron chi connectivity index (χ3n) is 13.2. The quantitative estimate of drug-likeness (QED) is 0.0624. The minimum Gasteiger partial charge on any atom is -0.489 e. The summed E-state index contributed by atoms with van der Waals surface area (Å²) in [5.41, 5.74) is 5.68. The Hall–Kier alpha value is -7.30. The molecule has 22 heteroatoms. The summed E-state index contributed by atoms with van der Waals surface area (Å²) >= 11 is 0. The first kappa shape index (κ1) is 51.1. The lowest BCUT2D eigenvalue weighted by molar-refractivity contribution is -0.145. The first-order chi connectivity index (χ1) is 34.6. The Balaban J connectivity index is 0.973. The molecule has 5 atom stereocenters. The fourth-order valence-corrected chi connectivity index (χ4v) is 10.2. The molecule has 3 unspecified atom stereocenters. The number of nitrogens with zero attached hydrogens (tertiary/aromatic N) is 9. The molecule has 0 saturated heterocycles. The van der Waals surface area contributed by atoms with E-state index >= 15 is 0 Å². The molecule has 380 valence electrons. The average molecular weight is 1010 g/mol. The number of aromatic nitrogens is 8. The van der Waals surface area contributed by atoms with Gasteiger partial charge in [0.1, 0.15) is 22.9 Å². The van der Waals surface area contributed by atoms with Crippen molar-refractivity contribution in [2.75, 3.05) is 7.05 Å². The monoisotopic (exact) mass is 1000 g/mol. The smallest absolute Gasteiger partial charge is 0.315 e. The van der Waals surface area contributed by atoms with Gasteiger partial charge in [0.25, 0.3) is 10.2 Å². The Morgan fingerprint density at radius 3 is 1.92 bits per heavy atom. The zero-order chi connectivity index (χ0) is 50.9. The number of carboxylic acid groups (broad SMARTS) is 2. The van der Waals surface area contributed by atoms with Crippen molar-refractivity contribution in [1.29, 1.82) is 0 Å². The molecule has 0 bridgehead atoms. The lowest BCUT2D eigenvalue weighted by Crippen LogP contribution is -2.37. The van der Waals surface area contributed by atoms with Crippen molar-refractivity contribution in [2.24, 2.45) is 24.8 Å². The van der Waals surface area contributed by atoms with Gasteiger partial charge in [-0.05, 0) is 100 Å². The fraction of sp³-hybridized carbons (Fsp3) is 0.420. The Labute approximate surface area is 417 Å². The number of carboxylic acids is 2. The van der Waals surface area contributed by atoms with Crippen LogP contribution in [-0.2, 0) is 59.6 Å². The number of aryl methyl sites for hydroxylation is 3. The standard InChI is InChI=1S/C50H60N12O9S/c1-31-44(70-38-17-11-16-36(24-38)48(63)64)20-19-41(55-31)47-43(27-52-50(67)51-26-33-12-7-5-8-13-33)62(59-57-47)30-35-22-37(49(65)66)25-39(23-35)71-45-21-18-40(54-32(45)2)46-42(61(4)58-56-46)28-53-72(68,69)60(3)29-34-14-9-6-10-15-34/h5-10,12-15,18-21,35-39,53H,11,16-17,22-30H2,1-4H3,(H,63,64)(H,65,66)(H2,51,52,67)/t35?,36-,37?,38-,39?/m0/s1. The van der Waals surface area contributed by atoms with Gasteiger partial charge in [0.15, 0.2) is 0 Å². The normalized spacial score (nSPS) is 19.2. The van der Waals surface area contributed by atoms with Gasteiger partial charge in [0.2, 0.25) is 0 Å². The number of nitrogens with one attached hydrogen (secondary N) is 3. The predicted octanol–water partition coefficient (Wildman–Crippen LogP) is 5.58. The lowest BCUT2D eigenvalue weighted by Gasteiger charge is -2.33. The number of pyridine rings is 2. The number of hydrogen-bond donors (Lipinski definition) is 5. The second kappa shape index (κ2) is 22.8. The SMILES string of the molecule is Cc1nc(-c2nnn(C)c2CNS(=O)(=O)N(C)Cc2ccccc2)ccc1OC1CC(Cn2nnc(-c3ccc(O[C@H]4CCC[C@H](C(=O)O)C4)c(C)n3)c2CNC(=O)NCc2ccccc2)CC(C(=O)O)C1. The van der Waals surface area contributed by atoms with Crippen LogP contribution in [0.2, 0.25) is 0 Å². The van der Waals surface area contributed by atoms with E-state index in [0.717, 1.165) is 24.0 Å². The molecule has 2 aliphatic rings. The fourth-order valence-electron chi connectivity index (χ4n) is 9.34. The Morgan fingerprint density at radius 1 is 0.694 bits per heavy atom. The maximum absolute atomic E-state index is 13.2. The van der Waals surface area contributed by atoms with Gasteiger partial charge in [-0.2, -0.15) is 17.4 Å². The summed E-state index contributed by atoms with van der Waals surface area (Å²) in [5.74, 6) is -2.18. The molecule has 8 rings (SSSR count). The molecule has 0 radical (unpaired) electrons. The summed E-state index contributed by atoms with van der Waals surface area (Å²) in [5, 5.41) is 43.3. The van der Waals surface area contributed by atoms with Crippen molar-refractivity contribution in [1.82, 2.24) is 59.6 Å². The van der Waals surface area contributed by atoms with Gasteiger partial charge in [-0.3, -0.25) is 14.3 Å². The highest BCUT2D eigenvalue weighted by molar-refractivity contribution is 7.87. The maximum Gasteiger partial charge on any atom is 0.315 e. The molecular formula is C50H60N12O9S. The average Bonchev–Trinajstić information content (AvgIpc) is 3.95. The van der Waals surface area contributed by atoms with Crippen LogP contribution in [0.4, 0.5) is 4.79 Å². The number of carbonyl (C=O) groups is 3. The van der Waals surface area contributed by atoms with Crippen molar-refractivity contribution in [3.05, 3.63) is 119 Å². The summed E-state index contributed by atoms with van der Waals surface area (Å²) in [6.45, 7) is 4.27. The number of benzene rings is 2. The molecule has 2 amide bonds. The number of rotatable bonds is 20. The van der Waals surface area contributed by atoms with Gasteiger partial charge < -0.3 is 30.3 Å². The molecular weight excluding hydrogens is 945 g/mol. The van der Waals surface area contributed by atoms with Crippen LogP contribution in [-0.4, -0.2) is 100 Å². The minimum atomic E-state index is -3.88. The van der Waals surface area contributed by atoms with Crippen LogP contribution in [0.5, 0.6) is 11.5 Å². The van der Waals surface area contributed by atoms with Gasteiger partial charge in [0, 0.05) is 33.7 Å². The van der Waals surface area contributed by atoms with E-state index < -0.39 is 46.1 Å². The molecule has 72 heavy (non-hydrogen) atoms. The molecule has 2 aromatic carbocycles. The summed E-state index contributed by atoms with van der Waals surface area (Å²) in [6, 6.07) is 25.4. The second-order valence-corrected chi connectivity index (χ2v) is 20.4. The first-order valence-corrected chi connectivity index (χ1v) is 25.4. The molecule has 2 fully saturated rings. The third kappa shape index (κ3) is 12.8. The molecule has 21 nitrogen and oxygen atoms in total. The highest BCUT2D eigenvalue weighted by Crippen LogP contribution is 2.36. The van der Waals surface area contributed by atoms with Crippen molar-refractivity contribution in [3.63, 3.8) is 0 Å². The highest BCUT2D eigenvalue weighted by Gasteiger charge is 2.36. The molecule has 0 spiro atoms. The summed E-state index contributed by atoms with van der Waals surface area (Å²) in [7, 11) is -0.702. The number of aliphatic carboxylic acids is 2. The van der Waals surface area contributed by atoms with Gasteiger partial charge in [-0.1, -0.05) is 71.1 Å². The van der Waals surface area contributed by atoms with Crippen molar-refractivity contribution in [2.45, 2.75) is 104 Å².